The van der Waals surface area contributed by atoms with Crippen LogP contribution in [0.1, 0.15) is 15.9 Å². The Labute approximate surface area is 248 Å². The Morgan fingerprint density at radius 2 is 1.51 bits per heavy atom. The van der Waals surface area contributed by atoms with Crippen LogP contribution in [0, 0.1) is 0 Å². The normalized spacial score (nSPS) is 11.3. The molecular weight excluding hydrogens is 536 g/mol. The molecular formula is C37H28N2O4. The van der Waals surface area contributed by atoms with E-state index in [0.717, 1.165) is 66.9 Å². The topological polar surface area (TPSA) is 73.4 Å². The van der Waals surface area contributed by atoms with Crippen molar-refractivity contribution >= 4 is 38.9 Å². The second-order valence-electron chi connectivity index (χ2n) is 10.3. The summed E-state index contributed by atoms with van der Waals surface area (Å²) >= 11 is 0. The summed E-state index contributed by atoms with van der Waals surface area (Å²) in [6.07, 6.45) is 0.830. The van der Waals surface area contributed by atoms with Crippen molar-refractivity contribution in [3.05, 3.63) is 126 Å². The molecule has 0 amide bonds. The van der Waals surface area contributed by atoms with E-state index < -0.39 is 0 Å². The number of carbonyl (C=O) groups is 1. The summed E-state index contributed by atoms with van der Waals surface area (Å²) in [7, 11) is 1.56. The van der Waals surface area contributed by atoms with Crippen LogP contribution in [0.4, 0.5) is 0 Å². The monoisotopic (exact) mass is 564 g/mol. The molecule has 7 rings (SSSR count). The van der Waals surface area contributed by atoms with Crippen molar-refractivity contribution in [3.63, 3.8) is 0 Å². The predicted octanol–water partition coefficient (Wildman–Crippen LogP) is 8.58. The number of ether oxygens (including phenoxy) is 3. The maximum atomic E-state index is 12.3. The van der Waals surface area contributed by atoms with Gasteiger partial charge in [-0.25, -0.2) is 4.98 Å². The fraction of sp³-hybridized carbons (Fsp3) is 0.0811. The maximum Gasteiger partial charge on any atom is 0.188 e. The van der Waals surface area contributed by atoms with Gasteiger partial charge in [0.25, 0.3) is 0 Å². The first kappa shape index (κ1) is 26.4. The minimum Gasteiger partial charge on any atom is -0.488 e. The third-order valence-electron chi connectivity index (χ3n) is 7.60. The first-order valence-electron chi connectivity index (χ1n) is 14.0. The van der Waals surface area contributed by atoms with Crippen molar-refractivity contribution in [3.8, 4) is 34.0 Å². The molecule has 0 atom stereocenters. The largest absolute Gasteiger partial charge is 0.488 e. The Morgan fingerprint density at radius 3 is 2.33 bits per heavy atom. The molecule has 0 aliphatic rings. The summed E-state index contributed by atoms with van der Waals surface area (Å²) < 4.78 is 18.0. The zero-order valence-electron chi connectivity index (χ0n) is 23.5. The van der Waals surface area contributed by atoms with Gasteiger partial charge >= 0.3 is 0 Å². The summed E-state index contributed by atoms with van der Waals surface area (Å²) in [5, 5.41) is 3.93. The number of aromatic nitrogens is 2. The number of fused-ring (bicyclic) bond motifs is 3. The van der Waals surface area contributed by atoms with Gasteiger partial charge in [-0.05, 0) is 57.4 Å². The molecule has 0 spiro atoms. The molecule has 0 radical (unpaired) electrons. The van der Waals surface area contributed by atoms with E-state index in [1.165, 1.54) is 0 Å². The van der Waals surface area contributed by atoms with Crippen LogP contribution in [0.15, 0.2) is 115 Å². The highest BCUT2D eigenvalue weighted by atomic mass is 16.7. The number of nitrogens with zero attached hydrogens (tertiary/aromatic N) is 1. The van der Waals surface area contributed by atoms with Gasteiger partial charge in [-0.3, -0.25) is 4.79 Å². The summed E-state index contributed by atoms with van der Waals surface area (Å²) in [5.41, 5.74) is 6.00. The molecule has 1 heterocycles. The van der Waals surface area contributed by atoms with Crippen LogP contribution in [-0.4, -0.2) is 30.2 Å². The van der Waals surface area contributed by atoms with Gasteiger partial charge in [0.15, 0.2) is 13.1 Å². The minimum atomic E-state index is 0.00171. The molecule has 0 fully saturated rings. The molecule has 1 N–H and O–H groups in total. The van der Waals surface area contributed by atoms with E-state index in [4.69, 9.17) is 19.2 Å². The molecule has 6 nitrogen and oxygen atoms in total. The van der Waals surface area contributed by atoms with E-state index in [-0.39, 0.29) is 6.79 Å². The number of rotatable bonds is 9. The molecule has 43 heavy (non-hydrogen) atoms. The fourth-order valence-electron chi connectivity index (χ4n) is 5.65. The van der Waals surface area contributed by atoms with E-state index in [9.17, 15) is 4.79 Å². The Kier molecular flexibility index (Phi) is 7.03. The lowest BCUT2D eigenvalue weighted by Gasteiger charge is -2.21. The predicted molar refractivity (Wildman–Crippen MR) is 171 cm³/mol. The van der Waals surface area contributed by atoms with E-state index in [2.05, 4.69) is 29.2 Å². The Bertz CT molecular complexity index is 2080. The number of carbonyl (C=O) groups excluding carboxylic acids is 1. The molecule has 7 aromatic rings. The minimum absolute atomic E-state index is 0.00171. The number of aromatic amines is 1. The van der Waals surface area contributed by atoms with Crippen molar-refractivity contribution in [2.45, 2.75) is 6.61 Å². The zero-order valence-corrected chi connectivity index (χ0v) is 23.5. The number of imidazole rings is 1. The van der Waals surface area contributed by atoms with E-state index in [1.807, 2.05) is 91.0 Å². The van der Waals surface area contributed by atoms with Crippen molar-refractivity contribution in [2.75, 3.05) is 13.9 Å². The van der Waals surface area contributed by atoms with Crippen molar-refractivity contribution in [1.82, 2.24) is 9.97 Å². The average molecular weight is 565 g/mol. The first-order valence-corrected chi connectivity index (χ1v) is 14.0. The zero-order chi connectivity index (χ0) is 29.2. The lowest BCUT2D eigenvalue weighted by Crippen LogP contribution is -2.05. The lowest BCUT2D eigenvalue weighted by molar-refractivity contribution is 0.0510. The van der Waals surface area contributed by atoms with Crippen LogP contribution in [0.3, 0.4) is 0 Å². The third kappa shape index (κ3) is 4.98. The first-order chi connectivity index (χ1) is 21.2. The van der Waals surface area contributed by atoms with Gasteiger partial charge in [-0.15, -0.1) is 0 Å². The number of hydrogen-bond acceptors (Lipinski definition) is 5. The van der Waals surface area contributed by atoms with Crippen molar-refractivity contribution < 1.29 is 19.0 Å². The molecule has 0 bridgehead atoms. The molecule has 0 aliphatic heterocycles. The van der Waals surface area contributed by atoms with Gasteiger partial charge in [0.2, 0.25) is 0 Å². The molecule has 0 aliphatic carbocycles. The van der Waals surface area contributed by atoms with Gasteiger partial charge in [0, 0.05) is 23.8 Å². The summed E-state index contributed by atoms with van der Waals surface area (Å²) in [6, 6.07) is 38.2. The Balaban J connectivity index is 1.35. The number of methoxy groups -OCH3 is 1. The Hall–Kier alpha value is -5.46. The number of aldehydes is 1. The summed E-state index contributed by atoms with van der Waals surface area (Å²) in [6.45, 7) is 0.334. The van der Waals surface area contributed by atoms with Gasteiger partial charge in [-0.2, -0.15) is 0 Å². The number of nitrogens with one attached hydrogen (secondary N) is 1. The highest BCUT2D eigenvalue weighted by Crippen LogP contribution is 2.47. The van der Waals surface area contributed by atoms with Crippen molar-refractivity contribution in [2.24, 2.45) is 0 Å². The van der Waals surface area contributed by atoms with Crippen LogP contribution >= 0.6 is 0 Å². The van der Waals surface area contributed by atoms with E-state index in [0.29, 0.717) is 23.7 Å². The quantitative estimate of drug-likeness (QED) is 0.140. The average Bonchev–Trinajstić information content (AvgIpc) is 3.50. The Morgan fingerprint density at radius 1 is 0.744 bits per heavy atom. The highest BCUT2D eigenvalue weighted by Gasteiger charge is 2.22. The van der Waals surface area contributed by atoms with Gasteiger partial charge in [0.05, 0.1) is 16.6 Å². The van der Waals surface area contributed by atoms with Crippen LogP contribution in [0.2, 0.25) is 0 Å². The second kappa shape index (κ2) is 11.4. The summed E-state index contributed by atoms with van der Waals surface area (Å²) in [5.74, 6) is 1.96. The standard InChI is InChI=1S/C37H28N2O4/c1-41-23-43-36-28(21-40)20-26-11-3-5-14-30(26)35(36)34-29-13-4-2-10-25(29)17-18-33(34)42-22-24-9-8-12-27(19-24)37-38-31-15-6-7-16-32(31)39-37/h2-21H,22-23H2,1H3,(H,38,39). The highest BCUT2D eigenvalue weighted by molar-refractivity contribution is 6.12. The molecule has 0 unspecified atom stereocenters. The number of H-pyrrole nitrogens is 1. The maximum absolute atomic E-state index is 12.3. The second-order valence-corrected chi connectivity index (χ2v) is 10.3. The summed E-state index contributed by atoms with van der Waals surface area (Å²) in [4.78, 5) is 20.5. The molecule has 210 valence electrons. The van der Waals surface area contributed by atoms with Crippen LogP contribution in [0.5, 0.6) is 11.5 Å². The fourth-order valence-corrected chi connectivity index (χ4v) is 5.65. The smallest absolute Gasteiger partial charge is 0.188 e. The van der Waals surface area contributed by atoms with Gasteiger partial charge in [0.1, 0.15) is 23.9 Å². The molecule has 0 saturated heterocycles. The SMILES string of the molecule is COCOc1c(C=O)cc2ccccc2c1-c1c(OCc2cccc(-c3nc4ccccc4[nH]3)c2)ccc2ccccc12. The number of hydrogen-bond donors (Lipinski definition) is 1. The van der Waals surface area contributed by atoms with Crippen molar-refractivity contribution in [1.29, 1.82) is 0 Å². The third-order valence-corrected chi connectivity index (χ3v) is 7.60. The van der Waals surface area contributed by atoms with E-state index in [1.54, 1.807) is 7.11 Å². The van der Waals surface area contributed by atoms with Gasteiger partial charge < -0.3 is 19.2 Å². The number of benzene rings is 6. The molecule has 6 heteroatoms. The lowest BCUT2D eigenvalue weighted by atomic mass is 9.90. The van der Waals surface area contributed by atoms with Crippen LogP contribution in [0.25, 0.3) is 55.1 Å². The number of para-hydroxylation sites is 2. The van der Waals surface area contributed by atoms with Gasteiger partial charge in [-0.1, -0.05) is 84.9 Å². The van der Waals surface area contributed by atoms with Crippen LogP contribution in [-0.2, 0) is 11.3 Å². The molecule has 0 saturated carbocycles. The van der Waals surface area contributed by atoms with Crippen LogP contribution < -0.4 is 9.47 Å². The van der Waals surface area contributed by atoms with E-state index >= 15 is 0 Å². The molecule has 1 aromatic heterocycles. The molecule has 6 aromatic carbocycles.